The molecule has 1 fully saturated rings. The maximum absolute atomic E-state index is 12.7. The van der Waals surface area contributed by atoms with Crippen LogP contribution in [-0.4, -0.2) is 43.0 Å². The molecule has 0 spiro atoms. The fraction of sp³-hybridized carbons (Fsp3) is 0.455. The molecule has 1 amide bonds. The van der Waals surface area contributed by atoms with Crippen LogP contribution < -0.4 is 5.32 Å². The molecule has 1 saturated heterocycles. The predicted molar refractivity (Wildman–Crippen MR) is 106 cm³/mol. The highest BCUT2D eigenvalue weighted by molar-refractivity contribution is 5.87. The lowest BCUT2D eigenvalue weighted by molar-refractivity contribution is -0.143. The van der Waals surface area contributed by atoms with Crippen LogP contribution in [0, 0.1) is 0 Å². The maximum Gasteiger partial charge on any atom is 0.307 e. The van der Waals surface area contributed by atoms with Gasteiger partial charge in [-0.1, -0.05) is 48.9 Å². The van der Waals surface area contributed by atoms with Gasteiger partial charge >= 0.3 is 5.97 Å². The summed E-state index contributed by atoms with van der Waals surface area (Å²) in [7, 11) is 1.41. The van der Waals surface area contributed by atoms with Gasteiger partial charge in [-0.05, 0) is 42.6 Å². The van der Waals surface area contributed by atoms with E-state index in [1.165, 1.54) is 12.5 Å². The quantitative estimate of drug-likeness (QED) is 0.794. The lowest BCUT2D eigenvalue weighted by Gasteiger charge is -2.34. The second kappa shape index (κ2) is 9.00. The molecule has 0 aromatic heterocycles. The summed E-state index contributed by atoms with van der Waals surface area (Å²) >= 11 is 0. The molecule has 144 valence electrons. The first kappa shape index (κ1) is 19.4. The predicted octanol–water partition coefficient (Wildman–Crippen LogP) is 3.43. The van der Waals surface area contributed by atoms with Gasteiger partial charge in [0, 0.05) is 6.04 Å². The lowest BCUT2D eigenvalue weighted by Crippen LogP contribution is -2.46. The first-order valence-corrected chi connectivity index (χ1v) is 9.66. The van der Waals surface area contributed by atoms with Gasteiger partial charge in [0.15, 0.2) is 0 Å². The van der Waals surface area contributed by atoms with E-state index in [4.69, 9.17) is 4.74 Å². The summed E-state index contributed by atoms with van der Waals surface area (Å²) < 4.78 is 4.80. The smallest absolute Gasteiger partial charge is 0.307 e. The Morgan fingerprint density at radius 2 is 1.96 bits per heavy atom. The van der Waals surface area contributed by atoms with Gasteiger partial charge in [0.1, 0.15) is 0 Å². The molecule has 2 aromatic rings. The summed E-state index contributed by atoms with van der Waals surface area (Å²) in [6, 6.07) is 14.4. The number of esters is 1. The SMILES string of the molecule is COC(=O)CC1CCCCN1CC(=O)NC(C)c1cccc2ccccc12. The number of piperidine rings is 1. The average molecular weight is 368 g/mol. The number of hydrogen-bond donors (Lipinski definition) is 1. The molecule has 0 aliphatic carbocycles. The minimum atomic E-state index is -0.212. The van der Waals surface area contributed by atoms with Crippen LogP contribution in [0.5, 0.6) is 0 Å². The van der Waals surface area contributed by atoms with Crippen molar-refractivity contribution in [1.29, 1.82) is 0 Å². The largest absolute Gasteiger partial charge is 0.469 e. The normalized spacial score (nSPS) is 18.8. The van der Waals surface area contributed by atoms with Crippen molar-refractivity contribution in [2.24, 2.45) is 0 Å². The first-order valence-electron chi connectivity index (χ1n) is 9.66. The van der Waals surface area contributed by atoms with Crippen LogP contribution in [0.4, 0.5) is 0 Å². The summed E-state index contributed by atoms with van der Waals surface area (Å²) in [4.78, 5) is 26.4. The maximum atomic E-state index is 12.7. The molecule has 2 aromatic carbocycles. The number of methoxy groups -OCH3 is 1. The van der Waals surface area contributed by atoms with E-state index in [-0.39, 0.29) is 24.0 Å². The molecular formula is C22H28N2O3. The van der Waals surface area contributed by atoms with Crippen LogP contribution >= 0.6 is 0 Å². The minimum Gasteiger partial charge on any atom is -0.469 e. The van der Waals surface area contributed by atoms with E-state index in [1.807, 2.05) is 25.1 Å². The zero-order valence-electron chi connectivity index (χ0n) is 16.1. The van der Waals surface area contributed by atoms with Gasteiger partial charge in [0.25, 0.3) is 0 Å². The Labute approximate surface area is 160 Å². The molecule has 1 heterocycles. The molecule has 5 heteroatoms. The molecule has 2 unspecified atom stereocenters. The van der Waals surface area contributed by atoms with E-state index in [2.05, 4.69) is 34.5 Å². The Hall–Kier alpha value is -2.40. The van der Waals surface area contributed by atoms with E-state index < -0.39 is 0 Å². The summed E-state index contributed by atoms with van der Waals surface area (Å²) in [5.41, 5.74) is 1.12. The molecule has 0 bridgehead atoms. The molecule has 27 heavy (non-hydrogen) atoms. The van der Waals surface area contributed by atoms with Gasteiger partial charge < -0.3 is 10.1 Å². The van der Waals surface area contributed by atoms with Crippen molar-refractivity contribution in [2.45, 2.75) is 44.7 Å². The number of carbonyl (C=O) groups excluding carboxylic acids is 2. The van der Waals surface area contributed by atoms with Crippen molar-refractivity contribution in [3.63, 3.8) is 0 Å². The number of amides is 1. The number of hydrogen-bond acceptors (Lipinski definition) is 4. The number of fused-ring (bicyclic) bond motifs is 1. The molecule has 3 rings (SSSR count). The number of rotatable bonds is 6. The van der Waals surface area contributed by atoms with Crippen molar-refractivity contribution in [3.8, 4) is 0 Å². The van der Waals surface area contributed by atoms with E-state index in [1.54, 1.807) is 0 Å². The van der Waals surface area contributed by atoms with Crippen LogP contribution in [0.1, 0.15) is 44.2 Å². The molecular weight excluding hydrogens is 340 g/mol. The Balaban J connectivity index is 1.64. The molecule has 1 aliphatic rings. The summed E-state index contributed by atoms with van der Waals surface area (Å²) in [5, 5.41) is 5.46. The average Bonchev–Trinajstić information content (AvgIpc) is 2.68. The number of nitrogens with one attached hydrogen (secondary N) is 1. The summed E-state index contributed by atoms with van der Waals surface area (Å²) in [6.45, 7) is 3.18. The second-order valence-corrected chi connectivity index (χ2v) is 7.26. The Morgan fingerprint density at radius 1 is 1.19 bits per heavy atom. The summed E-state index contributed by atoms with van der Waals surface area (Å²) in [5.74, 6) is -0.219. The van der Waals surface area contributed by atoms with Crippen molar-refractivity contribution in [2.75, 3.05) is 20.2 Å². The van der Waals surface area contributed by atoms with E-state index in [0.29, 0.717) is 13.0 Å². The highest BCUT2D eigenvalue weighted by atomic mass is 16.5. The number of likely N-dealkylation sites (tertiary alicyclic amines) is 1. The van der Waals surface area contributed by atoms with Crippen molar-refractivity contribution in [3.05, 3.63) is 48.0 Å². The van der Waals surface area contributed by atoms with Gasteiger partial charge in [0.2, 0.25) is 5.91 Å². The third-order valence-corrected chi connectivity index (χ3v) is 5.39. The van der Waals surface area contributed by atoms with Crippen molar-refractivity contribution in [1.82, 2.24) is 10.2 Å². The van der Waals surface area contributed by atoms with Gasteiger partial charge in [0.05, 0.1) is 26.1 Å². The molecule has 1 N–H and O–H groups in total. The van der Waals surface area contributed by atoms with Crippen LogP contribution in [0.15, 0.2) is 42.5 Å². The number of carbonyl (C=O) groups is 2. The topological polar surface area (TPSA) is 58.6 Å². The van der Waals surface area contributed by atoms with E-state index in [0.717, 1.165) is 36.8 Å². The molecule has 0 radical (unpaired) electrons. The number of ether oxygens (including phenoxy) is 1. The lowest BCUT2D eigenvalue weighted by atomic mass is 9.98. The Kier molecular flexibility index (Phi) is 6.45. The van der Waals surface area contributed by atoms with Gasteiger partial charge in [-0.3, -0.25) is 14.5 Å². The molecule has 5 nitrogen and oxygen atoms in total. The first-order chi connectivity index (χ1) is 13.1. The Bertz CT molecular complexity index is 800. The third kappa shape index (κ3) is 4.86. The third-order valence-electron chi connectivity index (χ3n) is 5.39. The molecule has 0 saturated carbocycles. The van der Waals surface area contributed by atoms with E-state index in [9.17, 15) is 9.59 Å². The van der Waals surface area contributed by atoms with Crippen LogP contribution in [0.3, 0.4) is 0 Å². The zero-order chi connectivity index (χ0) is 19.2. The van der Waals surface area contributed by atoms with Crippen LogP contribution in [-0.2, 0) is 14.3 Å². The van der Waals surface area contributed by atoms with Crippen LogP contribution in [0.25, 0.3) is 10.8 Å². The highest BCUT2D eigenvalue weighted by Crippen LogP contribution is 2.24. The van der Waals surface area contributed by atoms with E-state index >= 15 is 0 Å². The fourth-order valence-electron chi connectivity index (χ4n) is 3.95. The highest BCUT2D eigenvalue weighted by Gasteiger charge is 2.27. The number of benzene rings is 2. The molecule has 2 atom stereocenters. The summed E-state index contributed by atoms with van der Waals surface area (Å²) in [6.07, 6.45) is 3.43. The number of nitrogens with zero attached hydrogens (tertiary/aromatic N) is 1. The Morgan fingerprint density at radius 3 is 2.78 bits per heavy atom. The standard InChI is InChI=1S/C22H28N2O3/c1-16(19-12-7-9-17-8-3-4-11-20(17)19)23-21(25)15-24-13-6-5-10-18(24)14-22(26)27-2/h3-4,7-9,11-12,16,18H,5-6,10,13-15H2,1-2H3,(H,23,25). The second-order valence-electron chi connectivity index (χ2n) is 7.26. The molecule has 1 aliphatic heterocycles. The van der Waals surface area contributed by atoms with Crippen molar-refractivity contribution < 1.29 is 14.3 Å². The van der Waals surface area contributed by atoms with Gasteiger partial charge in [-0.25, -0.2) is 0 Å². The minimum absolute atomic E-state index is 0.00722. The fourth-order valence-corrected chi connectivity index (χ4v) is 3.95. The van der Waals surface area contributed by atoms with Gasteiger partial charge in [-0.2, -0.15) is 0 Å². The monoisotopic (exact) mass is 368 g/mol. The zero-order valence-corrected chi connectivity index (χ0v) is 16.1. The van der Waals surface area contributed by atoms with Crippen LogP contribution in [0.2, 0.25) is 0 Å². The van der Waals surface area contributed by atoms with Gasteiger partial charge in [-0.15, -0.1) is 0 Å². The van der Waals surface area contributed by atoms with Crippen molar-refractivity contribution >= 4 is 22.6 Å².